The van der Waals surface area contributed by atoms with Crippen molar-refractivity contribution in [1.29, 1.82) is 0 Å². The third-order valence-corrected chi connectivity index (χ3v) is 2.99. The van der Waals surface area contributed by atoms with Crippen LogP contribution < -0.4 is 5.32 Å². The summed E-state index contributed by atoms with van der Waals surface area (Å²) < 4.78 is 0. The summed E-state index contributed by atoms with van der Waals surface area (Å²) in [7, 11) is 0. The lowest BCUT2D eigenvalue weighted by Gasteiger charge is -2.24. The predicted molar refractivity (Wildman–Crippen MR) is 62.0 cm³/mol. The summed E-state index contributed by atoms with van der Waals surface area (Å²) in [6, 6.07) is 1.93. The van der Waals surface area contributed by atoms with Crippen molar-refractivity contribution in [2.24, 2.45) is 5.92 Å². The number of aromatic amines is 1. The van der Waals surface area contributed by atoms with E-state index in [2.05, 4.69) is 10.3 Å². The molecule has 2 rings (SSSR count). The van der Waals surface area contributed by atoms with E-state index in [1.165, 1.54) is 6.08 Å². The molecule has 0 aliphatic carbocycles. The molecule has 2 heterocycles. The first kappa shape index (κ1) is 11.0. The standard InChI is InChI=1S/C12H16N2O2/c15-12(16)7-11(10-3-6-14-8-10)9-1-4-13-5-2-9/h3,6-9,13-14H,1-2,4-5H2,(H,15,16)/b11-7+. The van der Waals surface area contributed by atoms with Gasteiger partial charge in [0.2, 0.25) is 0 Å². The molecular formula is C12H16N2O2. The van der Waals surface area contributed by atoms with Gasteiger partial charge in [0, 0.05) is 18.5 Å². The lowest BCUT2D eigenvalue weighted by molar-refractivity contribution is -0.131. The largest absolute Gasteiger partial charge is 0.478 e. The van der Waals surface area contributed by atoms with Gasteiger partial charge in [-0.25, -0.2) is 4.79 Å². The molecule has 0 unspecified atom stereocenters. The molecule has 0 amide bonds. The van der Waals surface area contributed by atoms with Crippen molar-refractivity contribution in [3.05, 3.63) is 30.1 Å². The van der Waals surface area contributed by atoms with Crippen LogP contribution in [0, 0.1) is 5.92 Å². The highest BCUT2D eigenvalue weighted by Gasteiger charge is 2.19. The smallest absolute Gasteiger partial charge is 0.328 e. The fraction of sp³-hybridized carbons (Fsp3) is 0.417. The normalized spacial score (nSPS) is 18.6. The molecule has 86 valence electrons. The van der Waals surface area contributed by atoms with Gasteiger partial charge in [0.15, 0.2) is 0 Å². The second-order valence-corrected chi connectivity index (χ2v) is 4.06. The molecule has 4 nitrogen and oxygen atoms in total. The van der Waals surface area contributed by atoms with Crippen LogP contribution in [0.4, 0.5) is 0 Å². The molecular weight excluding hydrogens is 204 g/mol. The van der Waals surface area contributed by atoms with E-state index in [0.717, 1.165) is 37.1 Å². The second kappa shape index (κ2) is 4.99. The van der Waals surface area contributed by atoms with Crippen molar-refractivity contribution in [3.8, 4) is 0 Å². The van der Waals surface area contributed by atoms with Crippen LogP contribution in [0.2, 0.25) is 0 Å². The van der Waals surface area contributed by atoms with E-state index in [9.17, 15) is 4.79 Å². The molecule has 4 heteroatoms. The number of H-pyrrole nitrogens is 1. The van der Waals surface area contributed by atoms with E-state index in [4.69, 9.17) is 5.11 Å². The van der Waals surface area contributed by atoms with Gasteiger partial charge in [0.1, 0.15) is 0 Å². The number of carboxylic acids is 1. The van der Waals surface area contributed by atoms with Crippen LogP contribution in [0.15, 0.2) is 24.5 Å². The number of carbonyl (C=O) groups is 1. The van der Waals surface area contributed by atoms with Gasteiger partial charge in [-0.2, -0.15) is 0 Å². The lowest BCUT2D eigenvalue weighted by atomic mass is 9.86. The van der Waals surface area contributed by atoms with Crippen LogP contribution in [-0.2, 0) is 4.79 Å². The van der Waals surface area contributed by atoms with Gasteiger partial charge >= 0.3 is 5.97 Å². The summed E-state index contributed by atoms with van der Waals surface area (Å²) in [5, 5.41) is 12.2. The molecule has 3 N–H and O–H groups in total. The van der Waals surface area contributed by atoms with Crippen molar-refractivity contribution >= 4 is 11.5 Å². The maximum atomic E-state index is 10.8. The molecule has 0 radical (unpaired) electrons. The number of aliphatic carboxylic acids is 1. The summed E-state index contributed by atoms with van der Waals surface area (Å²) in [6.45, 7) is 1.93. The minimum absolute atomic E-state index is 0.355. The Balaban J connectivity index is 2.24. The molecule has 1 aliphatic rings. The van der Waals surface area contributed by atoms with Crippen LogP contribution >= 0.6 is 0 Å². The van der Waals surface area contributed by atoms with Gasteiger partial charge < -0.3 is 15.4 Å². The number of hydrogen-bond acceptors (Lipinski definition) is 2. The number of allylic oxidation sites excluding steroid dienone is 1. The maximum absolute atomic E-state index is 10.8. The SMILES string of the molecule is O=C(O)/C=C(/c1cc[nH]c1)C1CCNCC1. The fourth-order valence-electron chi connectivity index (χ4n) is 2.21. The van der Waals surface area contributed by atoms with Gasteiger partial charge in [-0.3, -0.25) is 0 Å². The third kappa shape index (κ3) is 2.52. The molecule has 0 saturated carbocycles. The van der Waals surface area contributed by atoms with E-state index in [0.29, 0.717) is 5.92 Å². The highest BCUT2D eigenvalue weighted by Crippen LogP contribution is 2.29. The van der Waals surface area contributed by atoms with Crippen LogP contribution in [0.3, 0.4) is 0 Å². The van der Waals surface area contributed by atoms with Gasteiger partial charge in [-0.05, 0) is 49.1 Å². The molecule has 1 aliphatic heterocycles. The minimum atomic E-state index is -0.866. The van der Waals surface area contributed by atoms with E-state index in [1.807, 2.05) is 18.5 Å². The Bertz CT molecular complexity index is 376. The topological polar surface area (TPSA) is 65.1 Å². The molecule has 0 atom stereocenters. The number of piperidine rings is 1. The van der Waals surface area contributed by atoms with Crippen LogP contribution in [0.1, 0.15) is 18.4 Å². The number of carboxylic acid groups (broad SMARTS) is 1. The highest BCUT2D eigenvalue weighted by atomic mass is 16.4. The zero-order valence-electron chi connectivity index (χ0n) is 9.07. The Labute approximate surface area is 94.4 Å². The molecule has 0 aromatic carbocycles. The quantitative estimate of drug-likeness (QED) is 0.676. The summed E-state index contributed by atoms with van der Waals surface area (Å²) in [5.74, 6) is -0.511. The monoisotopic (exact) mass is 220 g/mol. The van der Waals surface area contributed by atoms with Gasteiger partial charge in [0.25, 0.3) is 0 Å². The zero-order chi connectivity index (χ0) is 11.4. The van der Waals surface area contributed by atoms with Crippen molar-refractivity contribution in [1.82, 2.24) is 10.3 Å². The van der Waals surface area contributed by atoms with Crippen LogP contribution in [-0.4, -0.2) is 29.1 Å². The Morgan fingerprint density at radius 1 is 1.44 bits per heavy atom. The maximum Gasteiger partial charge on any atom is 0.328 e. The average molecular weight is 220 g/mol. The second-order valence-electron chi connectivity index (χ2n) is 4.06. The van der Waals surface area contributed by atoms with Crippen molar-refractivity contribution in [3.63, 3.8) is 0 Å². The van der Waals surface area contributed by atoms with Crippen molar-refractivity contribution in [2.45, 2.75) is 12.8 Å². The van der Waals surface area contributed by atoms with Gasteiger partial charge in [-0.15, -0.1) is 0 Å². The molecule has 16 heavy (non-hydrogen) atoms. The molecule has 1 fully saturated rings. The third-order valence-electron chi connectivity index (χ3n) is 2.99. The summed E-state index contributed by atoms with van der Waals surface area (Å²) in [5.41, 5.74) is 1.93. The average Bonchev–Trinajstić information content (AvgIpc) is 2.80. The first-order valence-electron chi connectivity index (χ1n) is 5.56. The first-order chi connectivity index (χ1) is 7.77. The highest BCUT2D eigenvalue weighted by molar-refractivity contribution is 5.90. The predicted octanol–water partition coefficient (Wildman–Crippen LogP) is 1.48. The van der Waals surface area contributed by atoms with Gasteiger partial charge in [-0.1, -0.05) is 0 Å². The summed E-state index contributed by atoms with van der Waals surface area (Å²) >= 11 is 0. The van der Waals surface area contributed by atoms with E-state index >= 15 is 0 Å². The Morgan fingerprint density at radius 2 is 2.19 bits per heavy atom. The molecule has 1 aromatic heterocycles. The van der Waals surface area contributed by atoms with Crippen LogP contribution in [0.5, 0.6) is 0 Å². The Morgan fingerprint density at radius 3 is 2.75 bits per heavy atom. The zero-order valence-corrected chi connectivity index (χ0v) is 9.07. The first-order valence-corrected chi connectivity index (χ1v) is 5.56. The summed E-state index contributed by atoms with van der Waals surface area (Å²) in [4.78, 5) is 13.8. The number of aromatic nitrogens is 1. The molecule has 1 saturated heterocycles. The van der Waals surface area contributed by atoms with E-state index < -0.39 is 5.97 Å². The van der Waals surface area contributed by atoms with E-state index in [1.54, 1.807) is 0 Å². The number of hydrogen-bond donors (Lipinski definition) is 3. The fourth-order valence-corrected chi connectivity index (χ4v) is 2.21. The number of nitrogens with one attached hydrogen (secondary N) is 2. The Hall–Kier alpha value is -1.55. The number of rotatable bonds is 3. The van der Waals surface area contributed by atoms with E-state index in [-0.39, 0.29) is 0 Å². The summed E-state index contributed by atoms with van der Waals surface area (Å²) in [6.07, 6.45) is 7.04. The Kier molecular flexibility index (Phi) is 3.41. The molecule has 0 bridgehead atoms. The van der Waals surface area contributed by atoms with Crippen molar-refractivity contribution < 1.29 is 9.90 Å². The van der Waals surface area contributed by atoms with Gasteiger partial charge in [0.05, 0.1) is 0 Å². The minimum Gasteiger partial charge on any atom is -0.478 e. The van der Waals surface area contributed by atoms with Crippen molar-refractivity contribution in [2.75, 3.05) is 13.1 Å². The molecule has 0 spiro atoms. The van der Waals surface area contributed by atoms with Crippen LogP contribution in [0.25, 0.3) is 5.57 Å². The molecule has 1 aromatic rings. The lowest BCUT2D eigenvalue weighted by Crippen LogP contribution is -2.28.